The lowest BCUT2D eigenvalue weighted by Crippen LogP contribution is -2.21. The maximum atomic E-state index is 13.4. The van der Waals surface area contributed by atoms with Gasteiger partial charge in [0, 0.05) is 5.56 Å². The Labute approximate surface area is 165 Å². The summed E-state index contributed by atoms with van der Waals surface area (Å²) in [6.45, 7) is 0. The number of nitriles is 1. The molecule has 0 radical (unpaired) electrons. The fraction of sp³-hybridized carbons (Fsp3) is 0.0435. The van der Waals surface area contributed by atoms with Gasteiger partial charge in [0.25, 0.3) is 0 Å². The Morgan fingerprint density at radius 3 is 2.59 bits per heavy atom. The molecular weight excluding hydrogens is 367 g/mol. The highest BCUT2D eigenvalue weighted by Gasteiger charge is 2.36. The number of nitrogens with zero attached hydrogens (tertiary/aromatic N) is 2. The monoisotopic (exact) mass is 382 g/mol. The Morgan fingerprint density at radius 2 is 1.79 bits per heavy atom. The molecule has 0 aliphatic carbocycles. The summed E-state index contributed by atoms with van der Waals surface area (Å²) in [6.07, 6.45) is 0. The number of hydrogen-bond donors (Lipinski definition) is 2. The number of hydrogen-bond acceptors (Lipinski definition) is 4. The minimum Gasteiger partial charge on any atom is -0.420 e. The largest absolute Gasteiger partial charge is 0.420 e. The number of nitrogens with two attached hydrogens (primary N) is 1. The number of halogens is 1. The van der Waals surface area contributed by atoms with E-state index in [4.69, 9.17) is 10.5 Å². The van der Waals surface area contributed by atoms with Crippen molar-refractivity contribution < 1.29 is 9.13 Å². The van der Waals surface area contributed by atoms with E-state index in [0.717, 1.165) is 21.9 Å². The van der Waals surface area contributed by atoms with Crippen LogP contribution in [0.15, 0.2) is 78.2 Å². The van der Waals surface area contributed by atoms with Gasteiger partial charge < -0.3 is 10.5 Å². The molecule has 3 N–H and O–H groups in total. The first-order valence-corrected chi connectivity index (χ1v) is 9.07. The van der Waals surface area contributed by atoms with Crippen molar-refractivity contribution in [1.82, 2.24) is 10.2 Å². The van der Waals surface area contributed by atoms with Crippen molar-refractivity contribution in [2.24, 2.45) is 5.73 Å². The number of aromatic amines is 1. The van der Waals surface area contributed by atoms with Gasteiger partial charge in [0.05, 0.1) is 17.2 Å². The summed E-state index contributed by atoms with van der Waals surface area (Å²) < 4.78 is 19.1. The van der Waals surface area contributed by atoms with Crippen LogP contribution in [-0.2, 0) is 0 Å². The van der Waals surface area contributed by atoms with Gasteiger partial charge in [-0.2, -0.15) is 5.26 Å². The summed E-state index contributed by atoms with van der Waals surface area (Å²) in [6, 6.07) is 22.2. The summed E-state index contributed by atoms with van der Waals surface area (Å²) in [4.78, 5) is 0. The van der Waals surface area contributed by atoms with E-state index in [2.05, 4.69) is 16.3 Å². The van der Waals surface area contributed by atoms with Crippen LogP contribution < -0.4 is 10.5 Å². The molecule has 29 heavy (non-hydrogen) atoms. The van der Waals surface area contributed by atoms with Gasteiger partial charge in [0.15, 0.2) is 0 Å². The molecule has 2 heterocycles. The highest BCUT2D eigenvalue weighted by molar-refractivity contribution is 5.88. The highest BCUT2D eigenvalue weighted by atomic mass is 19.1. The zero-order chi connectivity index (χ0) is 20.0. The third kappa shape index (κ3) is 2.64. The smallest absolute Gasteiger partial charge is 0.244 e. The Kier molecular flexibility index (Phi) is 3.81. The number of ether oxygens (including phenoxy) is 1. The van der Waals surface area contributed by atoms with Crippen LogP contribution in [-0.4, -0.2) is 10.2 Å². The summed E-state index contributed by atoms with van der Waals surface area (Å²) in [5.74, 6) is -0.437. The van der Waals surface area contributed by atoms with E-state index in [1.807, 2.05) is 42.5 Å². The first-order chi connectivity index (χ1) is 14.2. The first-order valence-electron chi connectivity index (χ1n) is 9.07. The number of nitrogens with one attached hydrogen (secondary N) is 1. The molecule has 0 saturated heterocycles. The molecular formula is C23H15FN4O. The van der Waals surface area contributed by atoms with Gasteiger partial charge in [0.2, 0.25) is 11.8 Å². The van der Waals surface area contributed by atoms with Crippen molar-refractivity contribution in [3.63, 3.8) is 0 Å². The van der Waals surface area contributed by atoms with Gasteiger partial charge in [-0.15, -0.1) is 5.10 Å². The van der Waals surface area contributed by atoms with Crippen molar-refractivity contribution in [2.75, 3.05) is 0 Å². The van der Waals surface area contributed by atoms with Crippen LogP contribution in [0.1, 0.15) is 17.0 Å². The van der Waals surface area contributed by atoms with Crippen LogP contribution in [0.2, 0.25) is 0 Å². The Hall–Kier alpha value is -4.11. The van der Waals surface area contributed by atoms with Crippen molar-refractivity contribution in [1.29, 1.82) is 5.26 Å². The maximum Gasteiger partial charge on any atom is 0.244 e. The lowest BCUT2D eigenvalue weighted by atomic mass is 9.81. The molecule has 4 aromatic rings. The average Bonchev–Trinajstić information content (AvgIpc) is 3.16. The van der Waals surface area contributed by atoms with Crippen molar-refractivity contribution in [3.05, 3.63) is 95.1 Å². The molecule has 0 fully saturated rings. The Morgan fingerprint density at radius 1 is 1.03 bits per heavy atom. The fourth-order valence-corrected chi connectivity index (χ4v) is 3.89. The lowest BCUT2D eigenvalue weighted by Gasteiger charge is -2.25. The number of aromatic nitrogens is 2. The Balaban J connectivity index is 1.80. The molecule has 3 aromatic carbocycles. The molecule has 0 amide bonds. The molecule has 1 aliphatic heterocycles. The van der Waals surface area contributed by atoms with Gasteiger partial charge >= 0.3 is 0 Å². The van der Waals surface area contributed by atoms with Gasteiger partial charge in [-0.25, -0.2) is 4.39 Å². The number of allylic oxidation sites excluding steroid dienone is 1. The van der Waals surface area contributed by atoms with Gasteiger partial charge in [-0.05, 0) is 40.6 Å². The second-order valence-corrected chi connectivity index (χ2v) is 6.82. The standard InChI is InChI=1S/C23H15FN4O/c24-15-10-8-14(9-11-15)21-20-19(18(12-25)22(26)29-23(20)28-27-21)17-7-3-5-13-4-1-2-6-16(13)17/h1-11,19H,26H2,(H,27,28)/t19-/m0/s1. The van der Waals surface area contributed by atoms with E-state index >= 15 is 0 Å². The van der Waals surface area contributed by atoms with Crippen molar-refractivity contribution >= 4 is 10.8 Å². The minimum absolute atomic E-state index is 0.0371. The number of fused-ring (bicyclic) bond motifs is 2. The second kappa shape index (κ2) is 6.50. The normalized spacial score (nSPS) is 15.7. The van der Waals surface area contributed by atoms with Gasteiger partial charge in [-0.1, -0.05) is 42.5 Å². The predicted octanol–water partition coefficient (Wildman–Crippen LogP) is 4.59. The zero-order valence-electron chi connectivity index (χ0n) is 15.2. The van der Waals surface area contributed by atoms with Crippen molar-refractivity contribution in [2.45, 2.75) is 5.92 Å². The first kappa shape index (κ1) is 17.0. The van der Waals surface area contributed by atoms with Crippen LogP contribution in [0.25, 0.3) is 22.0 Å². The molecule has 140 valence electrons. The lowest BCUT2D eigenvalue weighted by molar-refractivity contribution is 0.379. The van der Waals surface area contributed by atoms with E-state index in [-0.39, 0.29) is 11.7 Å². The maximum absolute atomic E-state index is 13.4. The Bertz CT molecular complexity index is 1310. The summed E-state index contributed by atoms with van der Waals surface area (Å²) in [5, 5.41) is 19.2. The highest BCUT2D eigenvalue weighted by Crippen LogP contribution is 2.47. The molecule has 1 aromatic heterocycles. The summed E-state index contributed by atoms with van der Waals surface area (Å²) in [7, 11) is 0. The third-order valence-corrected chi connectivity index (χ3v) is 5.21. The minimum atomic E-state index is -0.464. The third-order valence-electron chi connectivity index (χ3n) is 5.21. The summed E-state index contributed by atoms with van der Waals surface area (Å²) in [5.41, 5.74) is 9.44. The van der Waals surface area contributed by atoms with E-state index < -0.39 is 5.92 Å². The SMILES string of the molecule is N#CC1=C(N)Oc2n[nH]c(-c3ccc(F)cc3)c2[C@H]1c1cccc2ccccc12. The molecule has 0 unspecified atom stereocenters. The van der Waals surface area contributed by atoms with Crippen LogP contribution in [0.4, 0.5) is 4.39 Å². The number of H-pyrrole nitrogens is 1. The fourth-order valence-electron chi connectivity index (χ4n) is 3.89. The molecule has 0 bridgehead atoms. The zero-order valence-corrected chi connectivity index (χ0v) is 15.2. The summed E-state index contributed by atoms with van der Waals surface area (Å²) >= 11 is 0. The quantitative estimate of drug-likeness (QED) is 0.531. The molecule has 0 saturated carbocycles. The van der Waals surface area contributed by atoms with Gasteiger partial charge in [0.1, 0.15) is 17.5 Å². The predicted molar refractivity (Wildman–Crippen MR) is 107 cm³/mol. The van der Waals surface area contributed by atoms with Crippen LogP contribution in [0, 0.1) is 17.1 Å². The van der Waals surface area contributed by atoms with E-state index in [0.29, 0.717) is 22.7 Å². The van der Waals surface area contributed by atoms with Crippen LogP contribution in [0.3, 0.4) is 0 Å². The van der Waals surface area contributed by atoms with E-state index in [9.17, 15) is 9.65 Å². The topological polar surface area (TPSA) is 87.7 Å². The second-order valence-electron chi connectivity index (χ2n) is 6.82. The number of rotatable bonds is 2. The van der Waals surface area contributed by atoms with E-state index in [1.54, 1.807) is 12.1 Å². The van der Waals surface area contributed by atoms with E-state index in [1.165, 1.54) is 12.1 Å². The molecule has 6 heteroatoms. The van der Waals surface area contributed by atoms with Crippen molar-refractivity contribution in [3.8, 4) is 23.2 Å². The number of benzene rings is 3. The molecule has 5 rings (SSSR count). The molecule has 0 spiro atoms. The molecule has 1 atom stereocenters. The van der Waals surface area contributed by atoms with Crippen LogP contribution >= 0.6 is 0 Å². The van der Waals surface area contributed by atoms with Gasteiger partial charge in [-0.3, -0.25) is 5.10 Å². The molecule has 1 aliphatic rings. The average molecular weight is 382 g/mol. The van der Waals surface area contributed by atoms with Crippen LogP contribution in [0.5, 0.6) is 5.88 Å². The molecule has 5 nitrogen and oxygen atoms in total.